The van der Waals surface area contributed by atoms with E-state index < -0.39 is 5.97 Å². The normalized spacial score (nSPS) is 20.4. The quantitative estimate of drug-likeness (QED) is 0.844. The van der Waals surface area contributed by atoms with E-state index in [9.17, 15) is 4.79 Å². The number of rotatable bonds is 3. The molecule has 4 rings (SSSR count). The summed E-state index contributed by atoms with van der Waals surface area (Å²) < 4.78 is 0. The van der Waals surface area contributed by atoms with Crippen LogP contribution in [0.4, 0.5) is 5.13 Å². The molecule has 1 atom stereocenters. The first-order chi connectivity index (χ1) is 11.2. The first-order valence-corrected chi connectivity index (χ1v) is 9.26. The van der Waals surface area contributed by atoms with E-state index in [1.54, 1.807) is 17.1 Å². The Morgan fingerprint density at radius 2 is 2.17 bits per heavy atom. The molecule has 24 heavy (non-hydrogen) atoms. The van der Waals surface area contributed by atoms with Crippen LogP contribution < -0.4 is 0 Å². The molecule has 0 saturated carbocycles. The Bertz CT molecular complexity index is 793. The van der Waals surface area contributed by atoms with E-state index >= 15 is 0 Å². The first kappa shape index (κ1) is 17.9. The van der Waals surface area contributed by atoms with Gasteiger partial charge in [0.05, 0.1) is 12.1 Å². The number of hydrogen-bond acceptors (Lipinski definition) is 5. The van der Waals surface area contributed by atoms with Crippen LogP contribution in [0.3, 0.4) is 0 Å². The van der Waals surface area contributed by atoms with Crippen LogP contribution in [0.5, 0.6) is 0 Å². The Labute approximate surface area is 170 Å². The minimum absolute atomic E-state index is 0. The molecule has 1 N–H and O–H groups in total. The molecule has 0 aliphatic carbocycles. The van der Waals surface area contributed by atoms with Gasteiger partial charge in [0.2, 0.25) is 5.13 Å². The summed E-state index contributed by atoms with van der Waals surface area (Å²) in [6.45, 7) is 0.889. The number of fused-ring (bicyclic) bond motifs is 2. The molecular formula is C16H15N3NaO2S2. The topological polar surface area (TPSA) is 65.8 Å². The maximum absolute atomic E-state index is 10.7. The molecule has 8 heteroatoms. The van der Waals surface area contributed by atoms with E-state index in [1.165, 1.54) is 22.5 Å². The second-order valence-electron chi connectivity index (χ2n) is 5.65. The van der Waals surface area contributed by atoms with Gasteiger partial charge in [-0.3, -0.25) is 4.79 Å². The van der Waals surface area contributed by atoms with Crippen LogP contribution in [0.15, 0.2) is 34.6 Å². The predicted molar refractivity (Wildman–Crippen MR) is 98.2 cm³/mol. The number of aromatic nitrogens is 1. The van der Waals surface area contributed by atoms with Gasteiger partial charge in [-0.05, 0) is 17.5 Å². The van der Waals surface area contributed by atoms with Crippen LogP contribution in [0.25, 0.3) is 0 Å². The van der Waals surface area contributed by atoms with Crippen molar-refractivity contribution in [3.8, 4) is 0 Å². The van der Waals surface area contributed by atoms with Crippen molar-refractivity contribution < 1.29 is 9.90 Å². The van der Waals surface area contributed by atoms with Crippen molar-refractivity contribution in [1.29, 1.82) is 0 Å². The summed E-state index contributed by atoms with van der Waals surface area (Å²) in [7, 11) is 0. The van der Waals surface area contributed by atoms with Crippen LogP contribution in [-0.2, 0) is 24.2 Å². The van der Waals surface area contributed by atoms with Gasteiger partial charge in [0.15, 0.2) is 5.17 Å². The van der Waals surface area contributed by atoms with Crippen LogP contribution >= 0.6 is 23.1 Å². The van der Waals surface area contributed by atoms with Crippen molar-refractivity contribution in [2.75, 3.05) is 5.75 Å². The summed E-state index contributed by atoms with van der Waals surface area (Å²) >= 11 is 3.16. The van der Waals surface area contributed by atoms with Crippen molar-refractivity contribution in [3.05, 3.63) is 46.5 Å². The Hall–Kier alpha value is -0.860. The van der Waals surface area contributed by atoms with Gasteiger partial charge in [0.1, 0.15) is 0 Å². The van der Waals surface area contributed by atoms with Crippen LogP contribution in [0.2, 0.25) is 0 Å². The number of carboxylic acids is 1. The third-order valence-electron chi connectivity index (χ3n) is 4.07. The molecule has 1 aromatic heterocycles. The average Bonchev–Trinajstić information content (AvgIpc) is 3.12. The molecule has 1 fully saturated rings. The standard InChI is InChI=1S/C16H15N3O2S2.Na/c20-14(21)6-12-8-22-15(17-12)18-16-19-7-11-4-2-1-3-10(11)5-13(19)9-23-16;/h1-4,8,13H,5-7,9H2,(H,20,21);/t13-;/m0./s1. The van der Waals surface area contributed by atoms with Gasteiger partial charge in [-0.25, -0.2) is 4.98 Å². The van der Waals surface area contributed by atoms with Crippen molar-refractivity contribution in [3.63, 3.8) is 0 Å². The zero-order chi connectivity index (χ0) is 15.8. The smallest absolute Gasteiger partial charge is 0.309 e. The molecule has 1 saturated heterocycles. The molecule has 5 nitrogen and oxygen atoms in total. The second kappa shape index (κ2) is 7.58. The summed E-state index contributed by atoms with van der Waals surface area (Å²) in [5, 5.41) is 12.2. The number of carboxylic acid groups (broad SMARTS) is 1. The molecule has 1 aromatic carbocycles. The van der Waals surface area contributed by atoms with E-state index in [1.807, 2.05) is 0 Å². The Balaban J connectivity index is 0.00000169. The molecule has 0 spiro atoms. The van der Waals surface area contributed by atoms with Gasteiger partial charge in [-0.2, -0.15) is 4.99 Å². The molecule has 1 radical (unpaired) electrons. The zero-order valence-corrected chi connectivity index (χ0v) is 16.9. The fourth-order valence-corrected chi connectivity index (χ4v) is 4.89. The minimum atomic E-state index is -0.863. The largest absolute Gasteiger partial charge is 0.481 e. The van der Waals surface area contributed by atoms with Crippen molar-refractivity contribution in [2.24, 2.45) is 4.99 Å². The fraction of sp³-hybridized carbons (Fsp3) is 0.312. The number of amidine groups is 1. The predicted octanol–water partition coefficient (Wildman–Crippen LogP) is 2.55. The van der Waals surface area contributed by atoms with Crippen molar-refractivity contribution in [1.82, 2.24) is 9.88 Å². The maximum atomic E-state index is 10.7. The monoisotopic (exact) mass is 368 g/mol. The summed E-state index contributed by atoms with van der Waals surface area (Å²) in [6.07, 6.45) is 1.01. The van der Waals surface area contributed by atoms with E-state index in [0.717, 1.165) is 23.9 Å². The van der Waals surface area contributed by atoms with Crippen LogP contribution in [0, 0.1) is 0 Å². The van der Waals surface area contributed by atoms with Gasteiger partial charge in [-0.1, -0.05) is 36.0 Å². The van der Waals surface area contributed by atoms with Crippen molar-refractivity contribution >= 4 is 68.9 Å². The third-order valence-corrected chi connectivity index (χ3v) is 5.99. The number of hydrogen-bond donors (Lipinski definition) is 1. The van der Waals surface area contributed by atoms with E-state index in [0.29, 0.717) is 16.9 Å². The number of thiazole rings is 1. The number of benzene rings is 1. The number of aliphatic imine (C=N–C) groups is 1. The van der Waals surface area contributed by atoms with E-state index in [2.05, 4.69) is 39.1 Å². The third kappa shape index (κ3) is 3.70. The number of nitrogens with zero attached hydrogens (tertiary/aromatic N) is 3. The minimum Gasteiger partial charge on any atom is -0.481 e. The van der Waals surface area contributed by atoms with Gasteiger partial charge < -0.3 is 10.0 Å². The van der Waals surface area contributed by atoms with Crippen LogP contribution in [0.1, 0.15) is 16.8 Å². The fourth-order valence-electron chi connectivity index (χ4n) is 2.98. The zero-order valence-electron chi connectivity index (χ0n) is 13.3. The summed E-state index contributed by atoms with van der Waals surface area (Å²) in [4.78, 5) is 22.1. The number of carbonyl (C=O) groups is 1. The summed E-state index contributed by atoms with van der Waals surface area (Å²) in [5.74, 6) is 0.179. The number of thioether (sulfide) groups is 1. The Morgan fingerprint density at radius 1 is 1.38 bits per heavy atom. The van der Waals surface area contributed by atoms with Gasteiger partial charge >= 0.3 is 5.97 Å². The maximum Gasteiger partial charge on any atom is 0.309 e. The van der Waals surface area contributed by atoms with Crippen molar-refractivity contribution in [2.45, 2.75) is 25.4 Å². The molecule has 2 aliphatic heterocycles. The van der Waals surface area contributed by atoms with Crippen LogP contribution in [-0.4, -0.2) is 67.5 Å². The molecular weight excluding hydrogens is 353 g/mol. The summed E-state index contributed by atoms with van der Waals surface area (Å²) in [6, 6.07) is 9.07. The molecule has 119 valence electrons. The molecule has 0 amide bonds. The number of aliphatic carboxylic acids is 1. The molecule has 0 unspecified atom stereocenters. The molecule has 3 heterocycles. The molecule has 2 aromatic rings. The summed E-state index contributed by atoms with van der Waals surface area (Å²) in [5.41, 5.74) is 3.38. The Morgan fingerprint density at radius 3 is 2.96 bits per heavy atom. The Kier molecular flexibility index (Phi) is 5.66. The van der Waals surface area contributed by atoms with E-state index in [-0.39, 0.29) is 36.0 Å². The second-order valence-corrected chi connectivity index (χ2v) is 7.48. The molecule has 0 bridgehead atoms. The molecule has 2 aliphatic rings. The first-order valence-electron chi connectivity index (χ1n) is 7.40. The average molecular weight is 368 g/mol. The van der Waals surface area contributed by atoms with Gasteiger partial charge in [-0.15, -0.1) is 11.3 Å². The van der Waals surface area contributed by atoms with E-state index in [4.69, 9.17) is 5.11 Å². The van der Waals surface area contributed by atoms with Gasteiger partial charge in [0, 0.05) is 53.3 Å². The SMILES string of the molecule is O=C(O)Cc1csc(N=C2SC[C@@H]3Cc4ccccc4CN23)n1.[Na]. The van der Waals surface area contributed by atoms with Gasteiger partial charge in [0.25, 0.3) is 0 Å².